The molecule has 2 aromatic carbocycles. The van der Waals surface area contributed by atoms with Gasteiger partial charge in [0.2, 0.25) is 0 Å². The van der Waals surface area contributed by atoms with Crippen LogP contribution in [0, 0.1) is 0 Å². The van der Waals surface area contributed by atoms with Crippen LogP contribution in [-0.2, 0) is 6.42 Å². The predicted molar refractivity (Wildman–Crippen MR) is 140 cm³/mol. The third kappa shape index (κ3) is 5.28. The summed E-state index contributed by atoms with van der Waals surface area (Å²) in [5.41, 5.74) is 5.86. The number of halogens is 2. The highest BCUT2D eigenvalue weighted by molar-refractivity contribution is 7.21. The number of rotatable bonds is 6. The van der Waals surface area contributed by atoms with E-state index in [0.717, 1.165) is 22.1 Å². The normalized spacial score (nSPS) is 11.6. The third-order valence-electron chi connectivity index (χ3n) is 4.99. The lowest BCUT2D eigenvalue weighted by molar-refractivity contribution is 0.0958. The first-order valence-corrected chi connectivity index (χ1v) is 12.5. The van der Waals surface area contributed by atoms with E-state index in [9.17, 15) is 9.59 Å². The van der Waals surface area contributed by atoms with E-state index in [1.807, 2.05) is 24.3 Å². The molecule has 2 amide bonds. The van der Waals surface area contributed by atoms with Crippen LogP contribution in [0.1, 0.15) is 44.3 Å². The highest BCUT2D eigenvalue weighted by Gasteiger charge is 2.17. The molecule has 33 heavy (non-hydrogen) atoms. The van der Waals surface area contributed by atoms with Crippen molar-refractivity contribution in [1.29, 1.82) is 0 Å². The van der Waals surface area contributed by atoms with Gasteiger partial charge in [-0.1, -0.05) is 54.4 Å². The summed E-state index contributed by atoms with van der Waals surface area (Å²) >= 11 is 14.9. The highest BCUT2D eigenvalue weighted by atomic mass is 35.5. The molecule has 0 aliphatic heterocycles. The Kier molecular flexibility index (Phi) is 7.14. The van der Waals surface area contributed by atoms with E-state index < -0.39 is 0 Å². The number of nitrogens with zero attached hydrogens (tertiary/aromatic N) is 1. The van der Waals surface area contributed by atoms with E-state index in [-0.39, 0.29) is 11.8 Å². The second-order valence-corrected chi connectivity index (χ2v) is 10.3. The van der Waals surface area contributed by atoms with Crippen molar-refractivity contribution in [3.8, 4) is 0 Å². The van der Waals surface area contributed by atoms with Gasteiger partial charge in [0.25, 0.3) is 11.8 Å². The van der Waals surface area contributed by atoms with Gasteiger partial charge in [0.05, 0.1) is 19.9 Å². The zero-order valence-electron chi connectivity index (χ0n) is 17.7. The highest BCUT2D eigenvalue weighted by Crippen LogP contribution is 2.36. The molecule has 4 rings (SSSR count). The maximum absolute atomic E-state index is 12.7. The van der Waals surface area contributed by atoms with Gasteiger partial charge in [-0.25, -0.2) is 5.43 Å². The van der Waals surface area contributed by atoms with Gasteiger partial charge in [-0.05, 0) is 54.8 Å². The quantitative estimate of drug-likeness (QED) is 0.210. The number of thiophene rings is 2. The fourth-order valence-electron chi connectivity index (χ4n) is 3.15. The minimum absolute atomic E-state index is 0.219. The molecule has 0 aliphatic carbocycles. The third-order valence-corrected chi connectivity index (χ3v) is 7.88. The van der Waals surface area contributed by atoms with Gasteiger partial charge in [-0.3, -0.25) is 9.59 Å². The lowest BCUT2D eigenvalue weighted by Gasteiger charge is -2.06. The number of hydrogen-bond donors (Lipinski definition) is 2. The van der Waals surface area contributed by atoms with Gasteiger partial charge >= 0.3 is 0 Å². The van der Waals surface area contributed by atoms with Crippen molar-refractivity contribution >= 4 is 79.2 Å². The molecule has 0 saturated heterocycles. The second kappa shape index (κ2) is 10.1. The number of aryl methyl sites for hydroxylation is 1. The van der Waals surface area contributed by atoms with E-state index in [0.29, 0.717) is 30.5 Å². The number of carbonyl (C=O) groups excluding carboxylic acids is 2. The zero-order valence-corrected chi connectivity index (χ0v) is 20.9. The molecule has 0 radical (unpaired) electrons. The van der Waals surface area contributed by atoms with Crippen LogP contribution in [0.25, 0.3) is 10.1 Å². The number of benzene rings is 2. The fourth-order valence-corrected chi connectivity index (χ4v) is 5.56. The van der Waals surface area contributed by atoms with Crippen LogP contribution in [0.15, 0.2) is 59.7 Å². The van der Waals surface area contributed by atoms with Crippen molar-refractivity contribution in [3.63, 3.8) is 0 Å². The van der Waals surface area contributed by atoms with Gasteiger partial charge in [0.1, 0.15) is 4.88 Å². The lowest BCUT2D eigenvalue weighted by Crippen LogP contribution is -2.18. The fraction of sp³-hybridized carbons (Fsp3) is 0.125. The van der Waals surface area contributed by atoms with Crippen LogP contribution in [0.4, 0.5) is 5.69 Å². The molecule has 0 fully saturated rings. The summed E-state index contributed by atoms with van der Waals surface area (Å²) in [6.45, 7) is 3.88. The Morgan fingerprint density at radius 2 is 1.73 bits per heavy atom. The summed E-state index contributed by atoms with van der Waals surface area (Å²) in [5.74, 6) is -0.569. The monoisotopic (exact) mass is 515 g/mol. The minimum atomic E-state index is -0.350. The second-order valence-electron chi connectivity index (χ2n) is 7.20. The average Bonchev–Trinajstić information content (AvgIpc) is 3.40. The maximum Gasteiger partial charge on any atom is 0.283 e. The van der Waals surface area contributed by atoms with Crippen molar-refractivity contribution in [2.75, 3.05) is 5.32 Å². The molecule has 168 valence electrons. The molecule has 4 aromatic rings. The molecule has 9 heteroatoms. The first-order chi connectivity index (χ1) is 15.9. The number of fused-ring (bicyclic) bond motifs is 1. The maximum atomic E-state index is 12.7. The van der Waals surface area contributed by atoms with Crippen molar-refractivity contribution in [2.45, 2.75) is 20.3 Å². The number of anilines is 1. The summed E-state index contributed by atoms with van der Waals surface area (Å²) in [4.78, 5) is 25.9. The van der Waals surface area contributed by atoms with Crippen LogP contribution in [0.2, 0.25) is 9.36 Å². The van der Waals surface area contributed by atoms with Crippen LogP contribution in [0.5, 0.6) is 0 Å². The van der Waals surface area contributed by atoms with E-state index in [2.05, 4.69) is 28.8 Å². The van der Waals surface area contributed by atoms with Gasteiger partial charge in [0.15, 0.2) is 0 Å². The largest absolute Gasteiger partial charge is 0.321 e. The Morgan fingerprint density at radius 3 is 2.39 bits per heavy atom. The van der Waals surface area contributed by atoms with Gasteiger partial charge < -0.3 is 5.32 Å². The smallest absolute Gasteiger partial charge is 0.283 e. The Morgan fingerprint density at radius 1 is 0.970 bits per heavy atom. The molecule has 0 bridgehead atoms. The van der Waals surface area contributed by atoms with Gasteiger partial charge in [-0.15, -0.1) is 22.7 Å². The first kappa shape index (κ1) is 23.4. The SMILES string of the molecule is CCc1ccc2c(Cl)c(C(=O)N/N=C(/C)c3ccc(NC(=O)c4ccc(Cl)s4)cc3)sc2c1. The first-order valence-electron chi connectivity index (χ1n) is 10.1. The van der Waals surface area contributed by atoms with E-state index in [1.165, 1.54) is 28.2 Å². The molecule has 0 atom stereocenters. The van der Waals surface area contributed by atoms with E-state index in [1.54, 1.807) is 31.2 Å². The average molecular weight is 516 g/mol. The molecular formula is C24H19Cl2N3O2S2. The molecule has 0 spiro atoms. The Balaban J connectivity index is 1.43. The Labute approximate surface area is 209 Å². The van der Waals surface area contributed by atoms with Crippen molar-refractivity contribution in [3.05, 3.63) is 84.8 Å². The molecule has 0 saturated carbocycles. The standard InChI is InChI=1S/C24H19Cl2N3O2S2/c1-3-14-4-9-17-19(12-14)33-22(21(17)26)24(31)29-28-13(2)15-5-7-16(8-6-15)27-23(30)18-10-11-20(25)32-18/h4-12H,3H2,1-2H3,(H,27,30)(H,29,31)/b28-13-. The molecule has 5 nitrogen and oxygen atoms in total. The summed E-state index contributed by atoms with van der Waals surface area (Å²) in [5, 5.41) is 8.36. The summed E-state index contributed by atoms with van der Waals surface area (Å²) in [7, 11) is 0. The minimum Gasteiger partial charge on any atom is -0.321 e. The summed E-state index contributed by atoms with van der Waals surface area (Å²) < 4.78 is 1.54. The molecular weight excluding hydrogens is 497 g/mol. The number of carbonyl (C=O) groups is 2. The number of hydrogen-bond acceptors (Lipinski definition) is 5. The molecule has 2 N–H and O–H groups in total. The molecule has 0 unspecified atom stereocenters. The van der Waals surface area contributed by atoms with Crippen LogP contribution >= 0.6 is 45.9 Å². The number of nitrogens with one attached hydrogen (secondary N) is 2. The van der Waals surface area contributed by atoms with Crippen molar-refractivity contribution in [2.24, 2.45) is 5.10 Å². The van der Waals surface area contributed by atoms with Gasteiger partial charge in [-0.2, -0.15) is 5.10 Å². The van der Waals surface area contributed by atoms with E-state index >= 15 is 0 Å². The van der Waals surface area contributed by atoms with E-state index in [4.69, 9.17) is 23.2 Å². The zero-order chi connectivity index (χ0) is 23.5. The predicted octanol–water partition coefficient (Wildman–Crippen LogP) is 7.24. The topological polar surface area (TPSA) is 70.6 Å². The molecule has 0 aliphatic rings. The van der Waals surface area contributed by atoms with Crippen LogP contribution in [0.3, 0.4) is 0 Å². The molecule has 2 aromatic heterocycles. The van der Waals surface area contributed by atoms with Crippen LogP contribution < -0.4 is 10.7 Å². The Hall–Kier alpha value is -2.71. The Bertz CT molecular complexity index is 1370. The lowest BCUT2D eigenvalue weighted by atomic mass is 10.1. The van der Waals surface area contributed by atoms with Crippen molar-refractivity contribution < 1.29 is 9.59 Å². The van der Waals surface area contributed by atoms with Gasteiger partial charge in [0, 0.05) is 15.8 Å². The molecule has 2 heterocycles. The summed E-state index contributed by atoms with van der Waals surface area (Å²) in [6.07, 6.45) is 0.918. The van der Waals surface area contributed by atoms with Crippen molar-refractivity contribution in [1.82, 2.24) is 5.43 Å². The summed E-state index contributed by atoms with van der Waals surface area (Å²) in [6, 6.07) is 16.6. The number of hydrazone groups is 1. The number of amides is 2. The van der Waals surface area contributed by atoms with Crippen LogP contribution in [-0.4, -0.2) is 17.5 Å².